The minimum absolute atomic E-state index is 0.0228. The normalized spacial score (nSPS) is 12.2. The number of aromatic nitrogens is 1. The summed E-state index contributed by atoms with van der Waals surface area (Å²) >= 11 is 1.11. The van der Waals surface area contributed by atoms with Crippen LogP contribution >= 0.6 is 11.3 Å². The van der Waals surface area contributed by atoms with E-state index in [-0.39, 0.29) is 23.4 Å². The largest absolute Gasteiger partial charge is 0.496 e. The van der Waals surface area contributed by atoms with Gasteiger partial charge in [0.25, 0.3) is 0 Å². The van der Waals surface area contributed by atoms with Crippen LogP contribution in [0.1, 0.15) is 17.3 Å². The summed E-state index contributed by atoms with van der Waals surface area (Å²) in [6, 6.07) is 7.74. The Bertz CT molecular complexity index is 752. The molecular weight excluding hydrogens is 326 g/mol. The van der Waals surface area contributed by atoms with E-state index in [1.807, 2.05) is 50.2 Å². The topological polar surface area (TPSA) is 63.6 Å². The van der Waals surface area contributed by atoms with Crippen molar-refractivity contribution in [2.45, 2.75) is 19.5 Å². The third-order valence-electron chi connectivity index (χ3n) is 3.89. The van der Waals surface area contributed by atoms with Gasteiger partial charge in [0, 0.05) is 23.2 Å². The number of amides is 1. The minimum atomic E-state index is -0.180. The number of hydrogen-bond acceptors (Lipinski definition) is 5. The van der Waals surface area contributed by atoms with Crippen molar-refractivity contribution in [3.8, 4) is 5.75 Å². The van der Waals surface area contributed by atoms with Crippen molar-refractivity contribution in [3.63, 3.8) is 0 Å². The maximum atomic E-state index is 12.2. The van der Waals surface area contributed by atoms with E-state index in [0.29, 0.717) is 6.54 Å². The first-order chi connectivity index (χ1) is 11.4. The van der Waals surface area contributed by atoms with Crippen molar-refractivity contribution in [1.29, 1.82) is 0 Å². The zero-order valence-corrected chi connectivity index (χ0v) is 15.2. The number of nitrogens with zero attached hydrogens (tertiary/aromatic N) is 2. The van der Waals surface area contributed by atoms with Gasteiger partial charge >= 0.3 is 4.87 Å². The molecule has 7 heteroatoms. The molecule has 1 aromatic carbocycles. The number of benzene rings is 1. The Balaban J connectivity index is 2.06. The summed E-state index contributed by atoms with van der Waals surface area (Å²) in [6.07, 6.45) is 0. The highest BCUT2D eigenvalue weighted by Gasteiger charge is 2.19. The SMILES string of the molecule is COc1ccccc1C(CNC(=O)Cn1c(C)csc1=O)N(C)C. The predicted molar refractivity (Wildman–Crippen MR) is 95.7 cm³/mol. The number of ether oxygens (including phenoxy) is 1. The van der Waals surface area contributed by atoms with Gasteiger partial charge in [-0.3, -0.25) is 14.2 Å². The van der Waals surface area contributed by atoms with Gasteiger partial charge in [-0.15, -0.1) is 0 Å². The van der Waals surface area contributed by atoms with Crippen LogP contribution in [0.4, 0.5) is 0 Å². The van der Waals surface area contributed by atoms with E-state index in [9.17, 15) is 9.59 Å². The van der Waals surface area contributed by atoms with E-state index in [0.717, 1.165) is 28.3 Å². The predicted octanol–water partition coefficient (Wildman–Crippen LogP) is 1.65. The second kappa shape index (κ2) is 8.12. The summed E-state index contributed by atoms with van der Waals surface area (Å²) in [4.78, 5) is 25.8. The number of thiazole rings is 1. The molecule has 24 heavy (non-hydrogen) atoms. The third-order valence-corrected chi connectivity index (χ3v) is 4.77. The molecule has 2 rings (SSSR count). The number of methoxy groups -OCH3 is 1. The first-order valence-electron chi connectivity index (χ1n) is 7.65. The molecule has 0 aliphatic carbocycles. The van der Waals surface area contributed by atoms with Gasteiger partial charge < -0.3 is 15.0 Å². The van der Waals surface area contributed by atoms with Crippen LogP contribution in [-0.2, 0) is 11.3 Å². The lowest BCUT2D eigenvalue weighted by atomic mass is 10.0. The van der Waals surface area contributed by atoms with Crippen LogP contribution in [0, 0.1) is 6.92 Å². The average Bonchev–Trinajstić information content (AvgIpc) is 2.87. The quantitative estimate of drug-likeness (QED) is 0.825. The van der Waals surface area contributed by atoms with Crippen LogP contribution in [0.3, 0.4) is 0 Å². The number of aryl methyl sites for hydroxylation is 1. The van der Waals surface area contributed by atoms with Crippen molar-refractivity contribution in [2.24, 2.45) is 0 Å². The first kappa shape index (κ1) is 18.2. The van der Waals surface area contributed by atoms with E-state index < -0.39 is 0 Å². The van der Waals surface area contributed by atoms with Crippen LogP contribution in [0.2, 0.25) is 0 Å². The van der Waals surface area contributed by atoms with E-state index in [1.165, 1.54) is 4.57 Å². The number of hydrogen-bond donors (Lipinski definition) is 1. The fourth-order valence-electron chi connectivity index (χ4n) is 2.52. The molecule has 0 saturated carbocycles. The molecule has 0 spiro atoms. The molecule has 0 fully saturated rings. The Kier molecular flexibility index (Phi) is 6.16. The Morgan fingerprint density at radius 1 is 1.38 bits per heavy atom. The maximum absolute atomic E-state index is 12.2. The van der Waals surface area contributed by atoms with Crippen molar-refractivity contribution in [3.05, 3.63) is 50.6 Å². The van der Waals surface area contributed by atoms with Crippen LogP contribution in [0.25, 0.3) is 0 Å². The number of carbonyl (C=O) groups is 1. The molecule has 0 aliphatic heterocycles. The standard InChI is InChI=1S/C17H23N3O3S/c1-12-11-24-17(22)20(12)10-16(21)18-9-14(19(2)3)13-7-5-6-8-15(13)23-4/h5-8,11,14H,9-10H2,1-4H3,(H,18,21). The summed E-state index contributed by atoms with van der Waals surface area (Å²) in [5, 5.41) is 4.67. The molecule has 0 aliphatic rings. The van der Waals surface area contributed by atoms with Gasteiger partial charge in [0.2, 0.25) is 5.91 Å². The van der Waals surface area contributed by atoms with E-state index in [4.69, 9.17) is 4.74 Å². The molecule has 130 valence electrons. The van der Waals surface area contributed by atoms with Crippen LogP contribution in [-0.4, -0.2) is 43.1 Å². The molecule has 1 aromatic heterocycles. The summed E-state index contributed by atoms with van der Waals surface area (Å²) < 4.78 is 6.90. The molecule has 1 atom stereocenters. The lowest BCUT2D eigenvalue weighted by molar-refractivity contribution is -0.121. The van der Waals surface area contributed by atoms with E-state index in [2.05, 4.69) is 5.32 Å². The molecule has 1 unspecified atom stereocenters. The van der Waals surface area contributed by atoms with Crippen molar-refractivity contribution in [1.82, 2.24) is 14.8 Å². The molecule has 1 N–H and O–H groups in total. The maximum Gasteiger partial charge on any atom is 0.307 e. The van der Waals surface area contributed by atoms with Gasteiger partial charge in [0.05, 0.1) is 13.2 Å². The zero-order chi connectivity index (χ0) is 17.7. The first-order valence-corrected chi connectivity index (χ1v) is 8.53. The zero-order valence-electron chi connectivity index (χ0n) is 14.4. The Morgan fingerprint density at radius 2 is 2.08 bits per heavy atom. The second-order valence-electron chi connectivity index (χ2n) is 5.75. The molecule has 0 bridgehead atoms. The van der Waals surface area contributed by atoms with Gasteiger partial charge in [-0.1, -0.05) is 29.5 Å². The van der Waals surface area contributed by atoms with E-state index >= 15 is 0 Å². The van der Waals surface area contributed by atoms with E-state index in [1.54, 1.807) is 12.5 Å². The fraction of sp³-hybridized carbons (Fsp3) is 0.412. The second-order valence-corrected chi connectivity index (χ2v) is 6.58. The van der Waals surface area contributed by atoms with Gasteiger partial charge in [-0.25, -0.2) is 0 Å². The smallest absolute Gasteiger partial charge is 0.307 e. The van der Waals surface area contributed by atoms with Gasteiger partial charge in [0.15, 0.2) is 0 Å². The van der Waals surface area contributed by atoms with Crippen molar-refractivity contribution < 1.29 is 9.53 Å². The highest BCUT2D eigenvalue weighted by molar-refractivity contribution is 7.07. The van der Waals surface area contributed by atoms with Gasteiger partial charge in [0.1, 0.15) is 12.3 Å². The summed E-state index contributed by atoms with van der Waals surface area (Å²) in [7, 11) is 5.55. The Labute approximate surface area is 145 Å². The van der Waals surface area contributed by atoms with Crippen LogP contribution in [0.5, 0.6) is 5.75 Å². The van der Waals surface area contributed by atoms with Crippen LogP contribution < -0.4 is 14.9 Å². The summed E-state index contributed by atoms with van der Waals surface area (Å²) in [5.74, 6) is 0.607. The number of para-hydroxylation sites is 1. The number of nitrogens with one attached hydrogen (secondary N) is 1. The fourth-order valence-corrected chi connectivity index (χ4v) is 3.25. The lowest BCUT2D eigenvalue weighted by Gasteiger charge is -2.26. The van der Waals surface area contributed by atoms with Crippen molar-refractivity contribution in [2.75, 3.05) is 27.7 Å². The molecule has 1 heterocycles. The molecule has 1 amide bonds. The molecule has 6 nitrogen and oxygen atoms in total. The number of rotatable bonds is 7. The minimum Gasteiger partial charge on any atom is -0.496 e. The average molecular weight is 349 g/mol. The molecule has 2 aromatic rings. The van der Waals surface area contributed by atoms with Crippen molar-refractivity contribution >= 4 is 17.2 Å². The summed E-state index contributed by atoms with van der Waals surface area (Å²) in [5.41, 5.74) is 1.81. The summed E-state index contributed by atoms with van der Waals surface area (Å²) in [6.45, 7) is 2.30. The van der Waals surface area contributed by atoms with Crippen LogP contribution in [0.15, 0.2) is 34.4 Å². The molecule has 0 saturated heterocycles. The lowest BCUT2D eigenvalue weighted by Crippen LogP contribution is -2.37. The molecule has 0 radical (unpaired) electrons. The third kappa shape index (κ3) is 4.24. The molecular formula is C17H23N3O3S. The highest BCUT2D eigenvalue weighted by atomic mass is 32.1. The highest BCUT2D eigenvalue weighted by Crippen LogP contribution is 2.27. The van der Waals surface area contributed by atoms with Gasteiger partial charge in [-0.2, -0.15) is 0 Å². The number of carbonyl (C=O) groups excluding carboxylic acids is 1. The van der Waals surface area contributed by atoms with Gasteiger partial charge in [-0.05, 0) is 27.1 Å². The Hall–Kier alpha value is -2.12. The Morgan fingerprint density at radius 3 is 2.67 bits per heavy atom. The monoisotopic (exact) mass is 349 g/mol. The number of likely N-dealkylation sites (N-methyl/N-ethyl adjacent to an activating group) is 1.